The fraction of sp³-hybridized carbons (Fsp3) is 0.722. The second-order valence-electron chi connectivity index (χ2n) is 11.5. The van der Waals surface area contributed by atoms with Crippen LogP contribution >= 0.6 is 0 Å². The molecule has 8 nitrogen and oxygen atoms in total. The summed E-state index contributed by atoms with van der Waals surface area (Å²) in [6.45, 7) is 3.86. The van der Waals surface area contributed by atoms with E-state index in [2.05, 4.69) is 13.8 Å². The molecule has 0 aromatic heterocycles. The largest absolute Gasteiger partial charge is 0.463 e. The van der Waals surface area contributed by atoms with Gasteiger partial charge >= 0.3 is 11.9 Å². The van der Waals surface area contributed by atoms with E-state index in [0.717, 1.165) is 44.9 Å². The molecule has 44 heavy (non-hydrogen) atoms. The molecule has 0 aliphatic rings. The van der Waals surface area contributed by atoms with Gasteiger partial charge in [-0.15, -0.1) is 0 Å². The molecule has 0 saturated carbocycles. The summed E-state index contributed by atoms with van der Waals surface area (Å²) in [5, 5.41) is 39.9. The number of aliphatic hydroxyl groups is 4. The molecule has 0 fully saturated rings. The summed E-state index contributed by atoms with van der Waals surface area (Å²) < 4.78 is 10.1. The second kappa shape index (κ2) is 30.8. The van der Waals surface area contributed by atoms with Crippen LogP contribution < -0.4 is 0 Å². The van der Waals surface area contributed by atoms with Crippen molar-refractivity contribution in [3.05, 3.63) is 48.6 Å². The maximum atomic E-state index is 11.9. The van der Waals surface area contributed by atoms with Crippen molar-refractivity contribution in [1.82, 2.24) is 0 Å². The van der Waals surface area contributed by atoms with Gasteiger partial charge in [0.2, 0.25) is 0 Å². The lowest BCUT2D eigenvalue weighted by atomic mass is 10.1. The highest BCUT2D eigenvalue weighted by Crippen LogP contribution is 2.12. The topological polar surface area (TPSA) is 134 Å². The van der Waals surface area contributed by atoms with Crippen LogP contribution in [0.1, 0.15) is 129 Å². The van der Waals surface area contributed by atoms with E-state index in [4.69, 9.17) is 9.47 Å². The van der Waals surface area contributed by atoms with Crippen LogP contribution in [0.25, 0.3) is 0 Å². The lowest BCUT2D eigenvalue weighted by Crippen LogP contribution is -2.26. The summed E-state index contributed by atoms with van der Waals surface area (Å²) in [5.41, 5.74) is 0. The summed E-state index contributed by atoms with van der Waals surface area (Å²) in [6.07, 6.45) is 26.8. The summed E-state index contributed by atoms with van der Waals surface area (Å²) >= 11 is 0. The molecule has 0 unspecified atom stereocenters. The Morgan fingerprint density at radius 3 is 1.57 bits per heavy atom. The monoisotopic (exact) mass is 622 g/mol. The van der Waals surface area contributed by atoms with E-state index in [-0.39, 0.29) is 32.0 Å². The number of hydrogen-bond donors (Lipinski definition) is 4. The van der Waals surface area contributed by atoms with Crippen molar-refractivity contribution in [3.8, 4) is 0 Å². The number of aliphatic hydroxyl groups excluding tert-OH is 4. The van der Waals surface area contributed by atoms with Gasteiger partial charge in [-0.2, -0.15) is 0 Å². The van der Waals surface area contributed by atoms with E-state index in [1.165, 1.54) is 51.0 Å². The highest BCUT2D eigenvalue weighted by Gasteiger charge is 2.15. The Kier molecular flexibility index (Phi) is 29.2. The fourth-order valence-corrected chi connectivity index (χ4v) is 4.41. The zero-order chi connectivity index (χ0) is 32.7. The molecule has 0 amide bonds. The summed E-state index contributed by atoms with van der Waals surface area (Å²) in [7, 11) is 0. The molecule has 0 aromatic carbocycles. The number of carbonyl (C=O) groups excluding carboxylic acids is 2. The number of rotatable bonds is 29. The third-order valence-corrected chi connectivity index (χ3v) is 7.18. The van der Waals surface area contributed by atoms with Crippen LogP contribution in [0.4, 0.5) is 0 Å². The highest BCUT2D eigenvalue weighted by molar-refractivity contribution is 5.69. The van der Waals surface area contributed by atoms with E-state index >= 15 is 0 Å². The van der Waals surface area contributed by atoms with Gasteiger partial charge in [0.1, 0.15) is 19.3 Å². The third kappa shape index (κ3) is 28.5. The zero-order valence-corrected chi connectivity index (χ0v) is 27.5. The van der Waals surface area contributed by atoms with Gasteiger partial charge in [0.25, 0.3) is 0 Å². The minimum atomic E-state index is -1.09. The molecule has 0 aliphatic carbocycles. The molecule has 0 saturated heterocycles. The van der Waals surface area contributed by atoms with Crippen LogP contribution in [0, 0.1) is 0 Å². The number of carbonyl (C=O) groups is 2. The van der Waals surface area contributed by atoms with E-state index < -0.39 is 30.4 Å². The van der Waals surface area contributed by atoms with Crippen LogP contribution in [0.15, 0.2) is 48.6 Å². The predicted octanol–water partition coefficient (Wildman–Crippen LogP) is 6.80. The third-order valence-electron chi connectivity index (χ3n) is 7.18. The summed E-state index contributed by atoms with van der Waals surface area (Å²) in [5.74, 6) is -0.889. The smallest absolute Gasteiger partial charge is 0.305 e. The first-order valence-corrected chi connectivity index (χ1v) is 17.0. The van der Waals surface area contributed by atoms with Gasteiger partial charge in [0, 0.05) is 12.8 Å². The average Bonchev–Trinajstić information content (AvgIpc) is 3.01. The first-order valence-electron chi connectivity index (χ1n) is 17.0. The maximum absolute atomic E-state index is 11.9. The first kappa shape index (κ1) is 41.7. The molecule has 0 rings (SSSR count). The standard InChI is InChI=1S/C36H62O8/c1-3-5-7-8-9-10-11-12-17-21-27-35(41)43-29-32(38)30-44-36(42)28-22-26-34(40)33(39)25-20-16-14-13-15-19-24-31(37)23-18-6-4-2/h13-16,19-20,24-25,31-34,37-40H,3-12,17-18,21-23,26-30H2,1-2H3/b15-13-,16-14+,24-19+,25-20+/t31-,32+,33-,34-/m1/s1. The van der Waals surface area contributed by atoms with E-state index in [0.29, 0.717) is 12.8 Å². The highest BCUT2D eigenvalue weighted by atomic mass is 16.6. The Labute approximate surface area is 266 Å². The molecule has 0 aliphatic heterocycles. The molecule has 4 atom stereocenters. The average molecular weight is 623 g/mol. The first-order chi connectivity index (χ1) is 21.3. The maximum Gasteiger partial charge on any atom is 0.305 e. The number of hydrogen-bond acceptors (Lipinski definition) is 8. The van der Waals surface area contributed by atoms with Gasteiger partial charge in [-0.25, -0.2) is 0 Å². The van der Waals surface area contributed by atoms with Crippen molar-refractivity contribution in [3.63, 3.8) is 0 Å². The Morgan fingerprint density at radius 1 is 0.545 bits per heavy atom. The number of allylic oxidation sites excluding steroid dienone is 6. The summed E-state index contributed by atoms with van der Waals surface area (Å²) in [6, 6.07) is 0. The Morgan fingerprint density at radius 2 is 1.00 bits per heavy atom. The predicted molar refractivity (Wildman–Crippen MR) is 177 cm³/mol. The molecular weight excluding hydrogens is 560 g/mol. The van der Waals surface area contributed by atoms with Crippen LogP contribution in [0.2, 0.25) is 0 Å². The lowest BCUT2D eigenvalue weighted by Gasteiger charge is -2.14. The fourth-order valence-electron chi connectivity index (χ4n) is 4.41. The Bertz CT molecular complexity index is 804. The molecular formula is C36H62O8. The van der Waals surface area contributed by atoms with Gasteiger partial charge in [-0.3, -0.25) is 9.59 Å². The van der Waals surface area contributed by atoms with Gasteiger partial charge in [-0.1, -0.05) is 140 Å². The van der Waals surface area contributed by atoms with Crippen LogP contribution in [-0.2, 0) is 19.1 Å². The van der Waals surface area contributed by atoms with Crippen LogP contribution in [0.5, 0.6) is 0 Å². The molecule has 0 heterocycles. The molecule has 0 aromatic rings. The van der Waals surface area contributed by atoms with Gasteiger partial charge in [-0.05, 0) is 25.7 Å². The van der Waals surface area contributed by atoms with Gasteiger partial charge in [0.05, 0.1) is 18.3 Å². The zero-order valence-electron chi connectivity index (χ0n) is 27.5. The Hall–Kier alpha value is -2.26. The minimum Gasteiger partial charge on any atom is -0.463 e. The van der Waals surface area contributed by atoms with Crippen molar-refractivity contribution in [2.24, 2.45) is 0 Å². The quantitative estimate of drug-likeness (QED) is 0.0407. The number of unbranched alkanes of at least 4 members (excludes halogenated alkanes) is 11. The van der Waals surface area contributed by atoms with Gasteiger partial charge < -0.3 is 29.9 Å². The molecule has 4 N–H and O–H groups in total. The van der Waals surface area contributed by atoms with Crippen LogP contribution in [-0.4, -0.2) is 70.0 Å². The van der Waals surface area contributed by atoms with E-state index in [1.807, 2.05) is 6.08 Å². The molecule has 8 heteroatoms. The molecule has 0 spiro atoms. The van der Waals surface area contributed by atoms with Crippen molar-refractivity contribution in [2.75, 3.05) is 13.2 Å². The van der Waals surface area contributed by atoms with Crippen molar-refractivity contribution < 1.29 is 39.5 Å². The SMILES string of the molecule is CCCCCCCCCCCCC(=O)OC[C@H](O)COC(=O)CCC[C@@H](O)[C@H](O)/C=C/C=C/C=C\C=C\[C@H](O)CCCCC. The second-order valence-corrected chi connectivity index (χ2v) is 11.5. The number of ether oxygens (including phenoxy) is 2. The molecule has 0 radical (unpaired) electrons. The van der Waals surface area contributed by atoms with Crippen molar-refractivity contribution >= 4 is 11.9 Å². The molecule has 0 bridgehead atoms. The van der Waals surface area contributed by atoms with E-state index in [9.17, 15) is 30.0 Å². The minimum absolute atomic E-state index is 0.0320. The van der Waals surface area contributed by atoms with Gasteiger partial charge in [0.15, 0.2) is 0 Å². The molecule has 254 valence electrons. The van der Waals surface area contributed by atoms with Crippen molar-refractivity contribution in [2.45, 2.75) is 154 Å². The van der Waals surface area contributed by atoms with Crippen molar-refractivity contribution in [1.29, 1.82) is 0 Å². The Balaban J connectivity index is 3.88. The normalized spacial score (nSPS) is 15.0. The van der Waals surface area contributed by atoms with E-state index in [1.54, 1.807) is 36.5 Å². The lowest BCUT2D eigenvalue weighted by molar-refractivity contribution is -0.152. The van der Waals surface area contributed by atoms with Crippen LogP contribution in [0.3, 0.4) is 0 Å². The summed E-state index contributed by atoms with van der Waals surface area (Å²) in [4.78, 5) is 23.8. The number of esters is 2.